The van der Waals surface area contributed by atoms with Gasteiger partial charge in [0.1, 0.15) is 11.6 Å². The summed E-state index contributed by atoms with van der Waals surface area (Å²) in [5.41, 5.74) is 0.874. The van der Waals surface area contributed by atoms with Gasteiger partial charge < -0.3 is 14.8 Å². The number of carbonyl (C=O) groups is 1. The monoisotopic (exact) mass is 315 g/mol. The number of nitrogens with one attached hydrogen (secondary N) is 1. The van der Waals surface area contributed by atoms with E-state index in [9.17, 15) is 4.79 Å². The van der Waals surface area contributed by atoms with Crippen LogP contribution in [0.1, 0.15) is 30.2 Å². The number of hydrogen-bond donors (Lipinski definition) is 1. The lowest BCUT2D eigenvalue weighted by molar-refractivity contribution is -0.151. The van der Waals surface area contributed by atoms with Crippen LogP contribution in [0, 0.1) is 0 Å². The normalized spacial score (nSPS) is 33.0. The van der Waals surface area contributed by atoms with Gasteiger partial charge in [-0.3, -0.25) is 4.79 Å². The van der Waals surface area contributed by atoms with Gasteiger partial charge in [0.05, 0.1) is 18.1 Å². The first-order valence-corrected chi connectivity index (χ1v) is 8.00. The largest absolute Gasteiger partial charge is 0.468 e. The van der Waals surface area contributed by atoms with Gasteiger partial charge in [0, 0.05) is 17.3 Å². The molecule has 0 radical (unpaired) electrons. The minimum atomic E-state index is -0.394. The molecule has 1 fully saturated rings. The second-order valence-corrected chi connectivity index (χ2v) is 7.23. The molecule has 4 nitrogen and oxygen atoms in total. The van der Waals surface area contributed by atoms with E-state index in [2.05, 4.69) is 12.2 Å². The molecule has 6 heteroatoms. The molecule has 2 aliphatic rings. The van der Waals surface area contributed by atoms with E-state index in [0.717, 1.165) is 17.2 Å². The first kappa shape index (κ1) is 14.3. The molecule has 0 amide bonds. The number of thiophene rings is 1. The molecule has 0 aliphatic carbocycles. The molecule has 0 aromatic carbocycles. The third-order valence-electron chi connectivity index (χ3n) is 4.08. The first-order chi connectivity index (χ1) is 9.54. The molecule has 110 valence electrons. The van der Waals surface area contributed by atoms with E-state index in [1.807, 2.05) is 6.07 Å². The van der Waals surface area contributed by atoms with Gasteiger partial charge in [0.25, 0.3) is 0 Å². The number of rotatable bonds is 1. The zero-order valence-corrected chi connectivity index (χ0v) is 13.1. The third kappa shape index (κ3) is 2.37. The van der Waals surface area contributed by atoms with Crippen molar-refractivity contribution in [3.63, 3.8) is 0 Å². The minimum Gasteiger partial charge on any atom is -0.468 e. The highest BCUT2D eigenvalue weighted by Crippen LogP contribution is 2.47. The Labute approximate surface area is 127 Å². The number of piperidine rings is 1. The van der Waals surface area contributed by atoms with Gasteiger partial charge in [-0.25, -0.2) is 0 Å². The summed E-state index contributed by atoms with van der Waals surface area (Å²) < 4.78 is 11.8. The molecule has 2 aliphatic heterocycles. The van der Waals surface area contributed by atoms with E-state index in [1.54, 1.807) is 11.3 Å². The van der Waals surface area contributed by atoms with Crippen LogP contribution < -0.4 is 5.32 Å². The lowest BCUT2D eigenvalue weighted by Gasteiger charge is -2.45. The lowest BCUT2D eigenvalue weighted by atomic mass is 9.80. The SMILES string of the molecule is COC(=O)[C@@H]1C[C@]2(C[C@@H](C)N1)OCCc1cc(Cl)sc12. The van der Waals surface area contributed by atoms with Gasteiger partial charge in [0.2, 0.25) is 0 Å². The fraction of sp³-hybridized carbons (Fsp3) is 0.643. The van der Waals surface area contributed by atoms with Gasteiger partial charge in [-0.2, -0.15) is 0 Å². The van der Waals surface area contributed by atoms with Gasteiger partial charge in [-0.05, 0) is 31.4 Å². The first-order valence-electron chi connectivity index (χ1n) is 6.80. The van der Waals surface area contributed by atoms with E-state index in [0.29, 0.717) is 13.0 Å². The predicted molar refractivity (Wildman–Crippen MR) is 78.3 cm³/mol. The third-order valence-corrected chi connectivity index (χ3v) is 5.58. The fourth-order valence-corrected chi connectivity index (χ4v) is 4.82. The van der Waals surface area contributed by atoms with Crippen molar-refractivity contribution in [1.82, 2.24) is 5.32 Å². The quantitative estimate of drug-likeness (QED) is 0.809. The summed E-state index contributed by atoms with van der Waals surface area (Å²) in [4.78, 5) is 13.1. The second-order valence-electron chi connectivity index (χ2n) is 5.55. The molecule has 20 heavy (non-hydrogen) atoms. The van der Waals surface area contributed by atoms with Crippen LogP contribution in [-0.2, 0) is 26.3 Å². The average Bonchev–Trinajstić information content (AvgIpc) is 2.79. The molecule has 0 bridgehead atoms. The van der Waals surface area contributed by atoms with Crippen LogP contribution in [0.15, 0.2) is 6.07 Å². The van der Waals surface area contributed by atoms with Crippen molar-refractivity contribution in [2.24, 2.45) is 0 Å². The second kappa shape index (κ2) is 5.30. The summed E-state index contributed by atoms with van der Waals surface area (Å²) in [6, 6.07) is 1.90. The van der Waals surface area contributed by atoms with E-state index in [1.165, 1.54) is 17.6 Å². The summed E-state index contributed by atoms with van der Waals surface area (Å²) in [5.74, 6) is -0.227. The van der Waals surface area contributed by atoms with Crippen molar-refractivity contribution in [1.29, 1.82) is 0 Å². The molecule has 3 rings (SSSR count). The number of ether oxygens (including phenoxy) is 2. The van der Waals surface area contributed by atoms with Crippen molar-refractivity contribution < 1.29 is 14.3 Å². The van der Waals surface area contributed by atoms with Crippen LogP contribution in [0.5, 0.6) is 0 Å². The Morgan fingerprint density at radius 3 is 3.15 bits per heavy atom. The highest BCUT2D eigenvalue weighted by molar-refractivity contribution is 7.16. The molecule has 0 saturated carbocycles. The van der Waals surface area contributed by atoms with E-state index >= 15 is 0 Å². The predicted octanol–water partition coefficient (Wildman–Crippen LogP) is 2.48. The molecule has 1 aromatic heterocycles. The molecular formula is C14H18ClNO3S. The Kier molecular flexibility index (Phi) is 3.79. The molecule has 3 heterocycles. The van der Waals surface area contributed by atoms with Gasteiger partial charge in [-0.1, -0.05) is 11.6 Å². The topological polar surface area (TPSA) is 47.6 Å². The number of fused-ring (bicyclic) bond motifs is 2. The molecule has 3 atom stereocenters. The average molecular weight is 316 g/mol. The van der Waals surface area contributed by atoms with E-state index in [4.69, 9.17) is 21.1 Å². The Bertz CT molecular complexity index is 532. The summed E-state index contributed by atoms with van der Waals surface area (Å²) in [5, 5.41) is 3.29. The maximum absolute atomic E-state index is 11.9. The van der Waals surface area contributed by atoms with Crippen LogP contribution in [0.2, 0.25) is 4.34 Å². The molecular weight excluding hydrogens is 298 g/mol. The summed E-state index contributed by atoms with van der Waals surface area (Å²) in [6.45, 7) is 2.75. The molecule has 1 N–H and O–H groups in total. The van der Waals surface area contributed by atoms with Gasteiger partial charge in [0.15, 0.2) is 0 Å². The Balaban J connectivity index is 1.97. The zero-order valence-electron chi connectivity index (χ0n) is 11.6. The standard InChI is InChI=1S/C14H18ClNO3S/c1-8-6-14(7-10(16-8)13(17)18-2)12-9(3-4-19-14)5-11(15)20-12/h5,8,10,16H,3-4,6-7H2,1-2H3/t8-,10+,14+/m1/s1. The summed E-state index contributed by atoms with van der Waals surface area (Å²) >= 11 is 7.75. The highest BCUT2D eigenvalue weighted by Gasteiger charge is 2.47. The molecule has 0 unspecified atom stereocenters. The Morgan fingerprint density at radius 2 is 2.40 bits per heavy atom. The number of halogens is 1. The number of esters is 1. The highest BCUT2D eigenvalue weighted by atomic mass is 35.5. The van der Waals surface area contributed by atoms with Crippen LogP contribution in [0.3, 0.4) is 0 Å². The van der Waals surface area contributed by atoms with Gasteiger partial charge >= 0.3 is 5.97 Å². The van der Waals surface area contributed by atoms with Crippen molar-refractivity contribution in [3.05, 3.63) is 20.8 Å². The molecule has 1 saturated heterocycles. The smallest absolute Gasteiger partial charge is 0.322 e. The Morgan fingerprint density at radius 1 is 1.60 bits per heavy atom. The van der Waals surface area contributed by atoms with Gasteiger partial charge in [-0.15, -0.1) is 11.3 Å². The van der Waals surface area contributed by atoms with Crippen LogP contribution in [-0.4, -0.2) is 31.8 Å². The van der Waals surface area contributed by atoms with Crippen molar-refractivity contribution >= 4 is 28.9 Å². The maximum Gasteiger partial charge on any atom is 0.322 e. The van der Waals surface area contributed by atoms with Crippen LogP contribution in [0.25, 0.3) is 0 Å². The van der Waals surface area contributed by atoms with E-state index < -0.39 is 5.60 Å². The lowest BCUT2D eigenvalue weighted by Crippen LogP contribution is -2.56. The zero-order chi connectivity index (χ0) is 14.3. The number of methoxy groups -OCH3 is 1. The van der Waals surface area contributed by atoms with E-state index in [-0.39, 0.29) is 18.1 Å². The fourth-order valence-electron chi connectivity index (χ4n) is 3.35. The molecule has 1 aromatic rings. The Hall–Kier alpha value is -0.620. The van der Waals surface area contributed by atoms with Crippen LogP contribution in [0.4, 0.5) is 0 Å². The molecule has 1 spiro atoms. The number of carbonyl (C=O) groups excluding carboxylic acids is 1. The summed E-state index contributed by atoms with van der Waals surface area (Å²) in [7, 11) is 1.42. The summed E-state index contributed by atoms with van der Waals surface area (Å²) in [6.07, 6.45) is 2.35. The minimum absolute atomic E-state index is 0.194. The van der Waals surface area contributed by atoms with Crippen molar-refractivity contribution in [2.75, 3.05) is 13.7 Å². The maximum atomic E-state index is 11.9. The number of hydrogen-bond acceptors (Lipinski definition) is 5. The van der Waals surface area contributed by atoms with Crippen LogP contribution >= 0.6 is 22.9 Å². The van der Waals surface area contributed by atoms with Crippen molar-refractivity contribution in [2.45, 2.75) is 43.9 Å². The van der Waals surface area contributed by atoms with Crippen molar-refractivity contribution in [3.8, 4) is 0 Å².